The van der Waals surface area contributed by atoms with Crippen LogP contribution in [-0.4, -0.2) is 88.8 Å². The third-order valence-corrected chi connectivity index (χ3v) is 15.2. The highest BCUT2D eigenvalue weighted by Gasteiger charge is 2.29. The predicted octanol–water partition coefficient (Wildman–Crippen LogP) is 9.10. The van der Waals surface area contributed by atoms with Gasteiger partial charge in [0.2, 0.25) is 0 Å². The summed E-state index contributed by atoms with van der Waals surface area (Å²) in [5.41, 5.74) is -5.05. The van der Waals surface area contributed by atoms with Crippen molar-refractivity contribution in [1.82, 2.24) is 0 Å². The number of fused-ring (bicyclic) bond motifs is 2. The van der Waals surface area contributed by atoms with Crippen LogP contribution in [0.5, 0.6) is 11.5 Å². The van der Waals surface area contributed by atoms with Crippen molar-refractivity contribution in [2.24, 2.45) is 40.9 Å². The summed E-state index contributed by atoms with van der Waals surface area (Å²) in [6.45, 7) is 1.19. The van der Waals surface area contributed by atoms with Crippen LogP contribution in [0.1, 0.15) is 5.56 Å². The summed E-state index contributed by atoms with van der Waals surface area (Å²) in [5.74, 6) is -2.21. The van der Waals surface area contributed by atoms with E-state index in [2.05, 4.69) is 40.9 Å². The highest BCUT2D eigenvalue weighted by Crippen LogP contribution is 2.48. The fourth-order valence-corrected chi connectivity index (χ4v) is 10.4. The van der Waals surface area contributed by atoms with Crippen molar-refractivity contribution in [3.63, 3.8) is 0 Å². The smallest absolute Gasteiger partial charge is 0.296 e. The molecule has 0 aliphatic carbocycles. The molecule has 7 rings (SSSR count). The number of phenols is 2. The fraction of sp³-hybridized carbons (Fsp3) is 0.0256. The third kappa shape index (κ3) is 11.9. The first kappa shape index (κ1) is 54.9. The van der Waals surface area contributed by atoms with Gasteiger partial charge in [0.05, 0.1) is 32.6 Å². The molecule has 30 nitrogen and oxygen atoms in total. The highest BCUT2D eigenvalue weighted by molar-refractivity contribution is 7.87. The van der Waals surface area contributed by atoms with E-state index < -0.39 is 152 Å². The number of nitro benzene ring substituents is 1. The summed E-state index contributed by atoms with van der Waals surface area (Å²) in [7, 11) is -25.9. The van der Waals surface area contributed by atoms with E-state index in [4.69, 9.17) is 4.55 Å². The van der Waals surface area contributed by atoms with Gasteiger partial charge in [0.15, 0.2) is 22.6 Å². The molecule has 7 aromatic rings. The Morgan fingerprint density at radius 2 is 0.973 bits per heavy atom. The second-order valence-electron chi connectivity index (χ2n) is 15.0. The lowest BCUT2D eigenvalue weighted by Crippen LogP contribution is -2.04. The van der Waals surface area contributed by atoms with Crippen molar-refractivity contribution in [3.05, 3.63) is 113 Å². The molecular formula is C39H27N9O21S6. The van der Waals surface area contributed by atoms with Crippen LogP contribution in [0, 0.1) is 17.0 Å². The van der Waals surface area contributed by atoms with E-state index in [0.717, 1.165) is 78.9 Å². The second kappa shape index (κ2) is 20.1. The van der Waals surface area contributed by atoms with Crippen molar-refractivity contribution in [2.45, 2.75) is 36.3 Å². The number of hydrogen-bond donors (Lipinski definition) is 8. The third-order valence-electron chi connectivity index (χ3n) is 10.2. The SMILES string of the molecule is Cc1c(N=Nc2ccc3c(O)c(N=Nc4ccc(N=Nc5ccc(S(=O)(=O)O)cc5)cc4S(=O)(=O)O)c(S(=O)(=O)O)cc3c2)cc(S(=O)(=O)O)c2cc(S(=O)(=O)O)c(N=Nc3ccc([N+](=O)[O-])cc3S(=O)O)c(O)c12. The number of nitro groups is 1. The Balaban J connectivity index is 1.29. The molecule has 0 bridgehead atoms. The molecule has 1 unspecified atom stereocenters. The zero-order valence-corrected chi connectivity index (χ0v) is 41.5. The number of hydrogen-bond acceptors (Lipinski definition) is 23. The van der Waals surface area contributed by atoms with E-state index in [0.29, 0.717) is 18.2 Å². The Morgan fingerprint density at radius 1 is 0.480 bits per heavy atom. The normalized spacial score (nSPS) is 13.5. The topological polar surface area (TPSA) is 492 Å². The van der Waals surface area contributed by atoms with Gasteiger partial charge >= 0.3 is 0 Å². The van der Waals surface area contributed by atoms with Gasteiger partial charge in [-0.15, -0.1) is 20.5 Å². The zero-order chi connectivity index (χ0) is 55.3. The highest BCUT2D eigenvalue weighted by atomic mass is 32.2. The van der Waals surface area contributed by atoms with Crippen LogP contribution in [0.4, 0.5) is 51.2 Å². The van der Waals surface area contributed by atoms with Crippen LogP contribution in [0.3, 0.4) is 0 Å². The Hall–Kier alpha value is -7.88. The molecule has 0 aliphatic rings. The van der Waals surface area contributed by atoms with Crippen LogP contribution in [0.25, 0.3) is 21.5 Å². The monoisotopic (exact) mass is 1150 g/mol. The van der Waals surface area contributed by atoms with Gasteiger partial charge in [-0.05, 0) is 103 Å². The van der Waals surface area contributed by atoms with Gasteiger partial charge in [-0.2, -0.15) is 62.5 Å². The van der Waals surface area contributed by atoms with Crippen molar-refractivity contribution < 1.29 is 88.8 Å². The molecule has 0 aliphatic heterocycles. The van der Waals surface area contributed by atoms with Crippen LogP contribution >= 0.6 is 0 Å². The molecule has 0 radical (unpaired) electrons. The first-order valence-corrected chi connectivity index (χ1v) is 27.9. The number of aryl methyl sites for hydroxylation is 1. The lowest BCUT2D eigenvalue weighted by molar-refractivity contribution is -0.385. The summed E-state index contributed by atoms with van der Waals surface area (Å²) in [5, 5.41) is 62.4. The quantitative estimate of drug-likeness (QED) is 0.0156. The summed E-state index contributed by atoms with van der Waals surface area (Å²) >= 11 is -2.95. The molecule has 0 amide bonds. The van der Waals surface area contributed by atoms with Crippen LogP contribution in [0.15, 0.2) is 167 Å². The van der Waals surface area contributed by atoms with Crippen molar-refractivity contribution in [1.29, 1.82) is 0 Å². The van der Waals surface area contributed by atoms with Gasteiger partial charge in [-0.3, -0.25) is 32.9 Å². The van der Waals surface area contributed by atoms with E-state index in [1.807, 2.05) is 0 Å². The fourth-order valence-electron chi connectivity index (χ4n) is 6.76. The van der Waals surface area contributed by atoms with Crippen molar-refractivity contribution >= 4 is 134 Å². The molecule has 36 heteroatoms. The predicted molar refractivity (Wildman–Crippen MR) is 257 cm³/mol. The summed E-state index contributed by atoms with van der Waals surface area (Å²) in [4.78, 5) is 4.67. The summed E-state index contributed by atoms with van der Waals surface area (Å²) in [6.07, 6.45) is 0. The maximum absolute atomic E-state index is 12.7. The van der Waals surface area contributed by atoms with Crippen molar-refractivity contribution in [3.8, 4) is 11.5 Å². The molecule has 1 atom stereocenters. The van der Waals surface area contributed by atoms with Gasteiger partial charge in [0.25, 0.3) is 56.3 Å². The minimum Gasteiger partial charge on any atom is -0.505 e. The van der Waals surface area contributed by atoms with E-state index in [1.54, 1.807) is 0 Å². The summed E-state index contributed by atoms with van der Waals surface area (Å²) in [6, 6.07) is 14.7. The number of benzene rings is 7. The number of phenolic OH excluding ortho intramolecular Hbond substituents is 2. The van der Waals surface area contributed by atoms with Gasteiger partial charge < -0.3 is 14.8 Å². The standard InChI is InChI=1S/C39H27N9O21S6/c1-18-29(17-31(72(58,59)60)26-16-34(75(67,68)69)37(39(50)35(18)26)47-43-27-11-6-23(48(51)52)15-30(27)70(53)54)45-42-21-4-9-25-19(12-21)13-33(74(64,65)66)36(38(25)49)46-44-28-10-5-22(14-32(28)73(61,62)63)41-40-20-2-7-24(8-3-20)71(55,56)57/h2-17,49-50H,1H3,(H,53,54)(H,55,56,57)(H,58,59,60)(H,61,62,63)(H,64,65,66)(H,67,68,69). The van der Waals surface area contributed by atoms with Crippen LogP contribution in [-0.2, 0) is 61.7 Å². The van der Waals surface area contributed by atoms with E-state index in [1.165, 1.54) is 6.92 Å². The molecule has 0 spiro atoms. The number of rotatable bonds is 15. The van der Waals surface area contributed by atoms with Gasteiger partial charge in [0, 0.05) is 28.3 Å². The number of azo groups is 4. The number of non-ortho nitro benzene ring substituents is 1. The Kier molecular flexibility index (Phi) is 14.7. The summed E-state index contributed by atoms with van der Waals surface area (Å²) < 4.78 is 195. The van der Waals surface area contributed by atoms with E-state index in [9.17, 15) is 89.4 Å². The molecule has 8 N–H and O–H groups in total. The molecule has 0 fully saturated rings. The number of nitrogens with zero attached hydrogens (tertiary/aromatic N) is 9. The molecule has 390 valence electrons. The Labute approximate surface area is 422 Å². The molecular weight excluding hydrogens is 1120 g/mol. The van der Waals surface area contributed by atoms with Crippen LogP contribution in [0.2, 0.25) is 0 Å². The van der Waals surface area contributed by atoms with Gasteiger partial charge in [0.1, 0.15) is 47.2 Å². The molecule has 0 heterocycles. The first-order chi connectivity index (χ1) is 34.7. The largest absolute Gasteiger partial charge is 0.505 e. The zero-order valence-electron chi connectivity index (χ0n) is 36.6. The second-order valence-corrected chi connectivity index (χ2v) is 22.9. The molecule has 0 saturated heterocycles. The van der Waals surface area contributed by atoms with Gasteiger partial charge in [-0.1, -0.05) is 0 Å². The van der Waals surface area contributed by atoms with E-state index >= 15 is 0 Å². The average Bonchev–Trinajstić information content (AvgIpc) is 3.30. The minimum atomic E-state index is -5.47. The molecule has 7 aromatic carbocycles. The Morgan fingerprint density at radius 3 is 1.55 bits per heavy atom. The lowest BCUT2D eigenvalue weighted by atomic mass is 10.0. The van der Waals surface area contributed by atoms with Crippen molar-refractivity contribution in [2.75, 3.05) is 0 Å². The Bertz CT molecular complexity index is 4360. The van der Waals surface area contributed by atoms with E-state index in [-0.39, 0.29) is 33.4 Å². The van der Waals surface area contributed by atoms with Gasteiger partial charge in [-0.25, -0.2) is 4.21 Å². The number of aromatic hydroxyl groups is 2. The lowest BCUT2D eigenvalue weighted by Gasteiger charge is -2.14. The van der Waals surface area contributed by atoms with Crippen LogP contribution < -0.4 is 0 Å². The first-order valence-electron chi connectivity index (χ1n) is 19.5. The maximum Gasteiger partial charge on any atom is 0.296 e. The molecule has 0 aromatic heterocycles. The molecule has 75 heavy (non-hydrogen) atoms. The minimum absolute atomic E-state index is 0.0407. The maximum atomic E-state index is 12.7. The molecule has 0 saturated carbocycles. The average molecular weight is 1150 g/mol.